The molecule has 0 spiro atoms. The van der Waals surface area contributed by atoms with Crippen molar-refractivity contribution in [1.29, 1.82) is 0 Å². The van der Waals surface area contributed by atoms with Gasteiger partial charge in [-0.05, 0) is 37.6 Å². The average molecular weight is 218 g/mol. The molecule has 0 saturated heterocycles. The van der Waals surface area contributed by atoms with Crippen LogP contribution in [-0.2, 0) is 6.42 Å². The van der Waals surface area contributed by atoms with Gasteiger partial charge in [-0.25, -0.2) is 0 Å². The summed E-state index contributed by atoms with van der Waals surface area (Å²) in [5.41, 5.74) is 14.5. The molecule has 3 nitrogen and oxygen atoms in total. The summed E-state index contributed by atoms with van der Waals surface area (Å²) in [6, 6.07) is 4.04. The smallest absolute Gasteiger partial charge is 0.125 e. The van der Waals surface area contributed by atoms with Crippen molar-refractivity contribution in [1.82, 2.24) is 0 Å². The van der Waals surface area contributed by atoms with Crippen molar-refractivity contribution in [2.24, 2.45) is 5.73 Å². The normalized spacial score (nSPS) is 18.8. The summed E-state index contributed by atoms with van der Waals surface area (Å²) in [6.45, 7) is 2.73. The lowest BCUT2D eigenvalue weighted by Gasteiger charge is -2.05. The molecule has 3 heteroatoms. The van der Waals surface area contributed by atoms with Gasteiger partial charge in [-0.1, -0.05) is 12.2 Å². The second-order valence-electron chi connectivity index (χ2n) is 4.20. The van der Waals surface area contributed by atoms with Crippen LogP contribution in [-0.4, -0.2) is 12.6 Å². The molecule has 1 unspecified atom stereocenters. The number of nitrogens with two attached hydrogens (primary N) is 2. The van der Waals surface area contributed by atoms with Crippen LogP contribution in [0, 0.1) is 0 Å². The zero-order chi connectivity index (χ0) is 11.5. The molecule has 0 bridgehead atoms. The molecule has 4 N–H and O–H groups in total. The number of rotatable bonds is 3. The molecule has 0 saturated carbocycles. The van der Waals surface area contributed by atoms with Gasteiger partial charge in [0.2, 0.25) is 0 Å². The van der Waals surface area contributed by atoms with E-state index in [2.05, 4.69) is 13.0 Å². The molecule has 2 rings (SSSR count). The maximum atomic E-state index is 6.00. The fourth-order valence-electron chi connectivity index (χ4n) is 1.97. The summed E-state index contributed by atoms with van der Waals surface area (Å²) in [6.07, 6.45) is 6.12. The summed E-state index contributed by atoms with van der Waals surface area (Å²) in [7, 11) is 0. The number of benzene rings is 1. The number of hydrogen-bond donors (Lipinski definition) is 2. The molecule has 0 aliphatic carbocycles. The molecule has 0 aromatic heterocycles. The first-order chi connectivity index (χ1) is 7.70. The topological polar surface area (TPSA) is 61.3 Å². The zero-order valence-corrected chi connectivity index (χ0v) is 9.57. The van der Waals surface area contributed by atoms with E-state index in [9.17, 15) is 0 Å². The van der Waals surface area contributed by atoms with Crippen molar-refractivity contribution < 1.29 is 4.74 Å². The number of ether oxygens (including phenoxy) is 1. The fourth-order valence-corrected chi connectivity index (χ4v) is 1.97. The molecule has 1 aliphatic heterocycles. The van der Waals surface area contributed by atoms with E-state index in [1.807, 2.05) is 18.2 Å². The molecule has 0 fully saturated rings. The Morgan fingerprint density at radius 3 is 3.06 bits per heavy atom. The van der Waals surface area contributed by atoms with Crippen LogP contribution in [0.2, 0.25) is 0 Å². The summed E-state index contributed by atoms with van der Waals surface area (Å²) in [5, 5.41) is 0. The lowest BCUT2D eigenvalue weighted by molar-refractivity contribution is 0.254. The summed E-state index contributed by atoms with van der Waals surface area (Å²) in [5.74, 6) is 0.930. The van der Waals surface area contributed by atoms with Gasteiger partial charge in [0.1, 0.15) is 11.9 Å². The van der Waals surface area contributed by atoms with Gasteiger partial charge in [-0.2, -0.15) is 0 Å². The third-order valence-electron chi connectivity index (χ3n) is 2.73. The highest BCUT2D eigenvalue weighted by atomic mass is 16.5. The van der Waals surface area contributed by atoms with Crippen LogP contribution < -0.4 is 16.2 Å². The second-order valence-corrected chi connectivity index (χ2v) is 4.20. The van der Waals surface area contributed by atoms with Gasteiger partial charge < -0.3 is 16.2 Å². The van der Waals surface area contributed by atoms with Crippen molar-refractivity contribution in [3.05, 3.63) is 29.3 Å². The lowest BCUT2D eigenvalue weighted by atomic mass is 10.0. The third-order valence-corrected chi connectivity index (χ3v) is 2.73. The minimum absolute atomic E-state index is 0.237. The standard InChI is InChI=1S/C13H18N2O/c1-9-6-11-12(15)7-10(4-2-3-5-14)8-13(11)16-9/h2,4,7-9H,3,5-6,14-15H2,1H3. The molecule has 16 heavy (non-hydrogen) atoms. The van der Waals surface area contributed by atoms with E-state index < -0.39 is 0 Å². The minimum Gasteiger partial charge on any atom is -0.490 e. The van der Waals surface area contributed by atoms with Crippen molar-refractivity contribution >= 4 is 11.8 Å². The van der Waals surface area contributed by atoms with E-state index in [1.54, 1.807) is 0 Å². The van der Waals surface area contributed by atoms with Crippen molar-refractivity contribution in [2.75, 3.05) is 12.3 Å². The molecule has 86 valence electrons. The molecule has 1 aliphatic rings. The molecule has 1 aromatic rings. The van der Waals surface area contributed by atoms with Crippen molar-refractivity contribution in [3.8, 4) is 5.75 Å². The minimum atomic E-state index is 0.237. The Kier molecular flexibility index (Phi) is 3.15. The van der Waals surface area contributed by atoms with Gasteiger partial charge in [0.05, 0.1) is 0 Å². The van der Waals surface area contributed by atoms with Crippen molar-refractivity contribution in [2.45, 2.75) is 25.9 Å². The molecule has 0 amide bonds. The maximum absolute atomic E-state index is 6.00. The van der Waals surface area contributed by atoms with Crippen LogP contribution in [0.3, 0.4) is 0 Å². The predicted molar refractivity (Wildman–Crippen MR) is 67.4 cm³/mol. The molecule has 0 radical (unpaired) electrons. The molecule has 1 atom stereocenters. The third kappa shape index (κ3) is 2.19. The Morgan fingerprint density at radius 1 is 1.50 bits per heavy atom. The Hall–Kier alpha value is -1.48. The van der Waals surface area contributed by atoms with E-state index in [1.165, 1.54) is 0 Å². The number of fused-ring (bicyclic) bond motifs is 1. The Bertz CT molecular complexity index is 413. The van der Waals surface area contributed by atoms with Crippen LogP contribution in [0.1, 0.15) is 24.5 Å². The monoisotopic (exact) mass is 218 g/mol. The van der Waals surface area contributed by atoms with Gasteiger partial charge in [-0.15, -0.1) is 0 Å². The highest BCUT2D eigenvalue weighted by molar-refractivity contribution is 5.65. The molecular weight excluding hydrogens is 200 g/mol. The van der Waals surface area contributed by atoms with Crippen LogP contribution in [0.5, 0.6) is 5.75 Å². The fraction of sp³-hybridized carbons (Fsp3) is 0.385. The van der Waals surface area contributed by atoms with Gasteiger partial charge in [0.25, 0.3) is 0 Å². The van der Waals surface area contributed by atoms with Crippen LogP contribution in [0.15, 0.2) is 18.2 Å². The van der Waals surface area contributed by atoms with E-state index in [4.69, 9.17) is 16.2 Å². The first-order valence-electron chi connectivity index (χ1n) is 5.66. The van der Waals surface area contributed by atoms with Crippen LogP contribution >= 0.6 is 0 Å². The summed E-state index contributed by atoms with van der Waals surface area (Å²) in [4.78, 5) is 0. The quantitative estimate of drug-likeness (QED) is 0.762. The number of anilines is 1. The van der Waals surface area contributed by atoms with E-state index in [0.29, 0.717) is 6.54 Å². The highest BCUT2D eigenvalue weighted by Gasteiger charge is 2.21. The van der Waals surface area contributed by atoms with Crippen molar-refractivity contribution in [3.63, 3.8) is 0 Å². The highest BCUT2D eigenvalue weighted by Crippen LogP contribution is 2.34. The van der Waals surface area contributed by atoms with Crippen LogP contribution in [0.25, 0.3) is 6.08 Å². The second kappa shape index (κ2) is 4.58. The lowest BCUT2D eigenvalue weighted by Crippen LogP contribution is -2.05. The molecule has 1 aromatic carbocycles. The maximum Gasteiger partial charge on any atom is 0.125 e. The molecular formula is C13H18N2O. The van der Waals surface area contributed by atoms with Gasteiger partial charge in [0.15, 0.2) is 0 Å². The van der Waals surface area contributed by atoms with Gasteiger partial charge in [-0.3, -0.25) is 0 Å². The van der Waals surface area contributed by atoms with E-state index in [-0.39, 0.29) is 6.10 Å². The first kappa shape index (κ1) is 11.0. The van der Waals surface area contributed by atoms with E-state index >= 15 is 0 Å². The SMILES string of the molecule is CC1Cc2c(N)cc(C=CCCN)cc2O1. The summed E-state index contributed by atoms with van der Waals surface area (Å²) < 4.78 is 5.70. The Labute approximate surface area is 96.1 Å². The molecule has 1 heterocycles. The zero-order valence-electron chi connectivity index (χ0n) is 9.57. The predicted octanol–water partition coefficient (Wildman–Crippen LogP) is 1.95. The van der Waals surface area contributed by atoms with E-state index in [0.717, 1.165) is 35.4 Å². The van der Waals surface area contributed by atoms with Gasteiger partial charge >= 0.3 is 0 Å². The average Bonchev–Trinajstić information content (AvgIpc) is 2.60. The number of nitrogen functional groups attached to an aromatic ring is 1. The summed E-state index contributed by atoms with van der Waals surface area (Å²) >= 11 is 0. The van der Waals surface area contributed by atoms with Crippen LogP contribution in [0.4, 0.5) is 5.69 Å². The van der Waals surface area contributed by atoms with Gasteiger partial charge in [0, 0.05) is 17.7 Å². The largest absolute Gasteiger partial charge is 0.490 e. The Morgan fingerprint density at radius 2 is 2.31 bits per heavy atom. The Balaban J connectivity index is 2.24. The first-order valence-corrected chi connectivity index (χ1v) is 5.66. The number of hydrogen-bond acceptors (Lipinski definition) is 3.